The van der Waals surface area contributed by atoms with Gasteiger partial charge in [0, 0.05) is 28.9 Å². The minimum absolute atomic E-state index is 0.558. The number of hydrogen-bond acceptors (Lipinski definition) is 4. The second-order valence-electron chi connectivity index (χ2n) is 6.52. The van der Waals surface area contributed by atoms with Crippen LogP contribution in [0.25, 0.3) is 15.7 Å². The van der Waals surface area contributed by atoms with Crippen LogP contribution in [0.2, 0.25) is 0 Å². The quantitative estimate of drug-likeness (QED) is 0.801. The number of thiophene rings is 1. The van der Waals surface area contributed by atoms with Gasteiger partial charge in [0.1, 0.15) is 0 Å². The molecule has 1 aromatic heterocycles. The van der Waals surface area contributed by atoms with E-state index >= 15 is 0 Å². The molecule has 0 radical (unpaired) electrons. The van der Waals surface area contributed by atoms with Gasteiger partial charge in [0.15, 0.2) is 0 Å². The van der Waals surface area contributed by atoms with E-state index in [0.29, 0.717) is 18.2 Å². The van der Waals surface area contributed by atoms with Crippen LogP contribution in [0.1, 0.15) is 24.8 Å². The summed E-state index contributed by atoms with van der Waals surface area (Å²) in [6.07, 6.45) is 7.56. The number of likely N-dealkylation sites (N-methyl/N-ethyl adjacent to an activating group) is 1. The summed E-state index contributed by atoms with van der Waals surface area (Å²) >= 11 is 1.88. The van der Waals surface area contributed by atoms with E-state index in [1.807, 2.05) is 11.3 Å². The molecule has 0 spiro atoms. The number of carboxylic acids is 2. The van der Waals surface area contributed by atoms with Crippen LogP contribution in [0.3, 0.4) is 0 Å². The topological polar surface area (TPSA) is 77.8 Å². The van der Waals surface area contributed by atoms with Crippen LogP contribution >= 0.6 is 11.3 Å². The molecule has 0 aliphatic carbocycles. The molecule has 0 saturated carbocycles. The van der Waals surface area contributed by atoms with Gasteiger partial charge in [0.05, 0.1) is 0 Å². The molecule has 2 aromatic rings. The molecule has 5 nitrogen and oxygen atoms in total. The molecule has 2 atom stereocenters. The van der Waals surface area contributed by atoms with Crippen molar-refractivity contribution in [2.45, 2.75) is 31.3 Å². The lowest BCUT2D eigenvalue weighted by atomic mass is 9.95. The van der Waals surface area contributed by atoms with Gasteiger partial charge in [-0.2, -0.15) is 0 Å². The van der Waals surface area contributed by atoms with E-state index in [4.69, 9.17) is 10.2 Å². The Kier molecular flexibility index (Phi) is 5.54. The van der Waals surface area contributed by atoms with Crippen LogP contribution in [0.5, 0.6) is 0 Å². The van der Waals surface area contributed by atoms with Gasteiger partial charge in [-0.3, -0.25) is 4.90 Å². The summed E-state index contributed by atoms with van der Waals surface area (Å²) in [5.41, 5.74) is 3.07. The number of hydrogen-bond donors (Lipinski definition) is 2. The summed E-state index contributed by atoms with van der Waals surface area (Å²) in [6.45, 7) is 0. The average Bonchev–Trinajstić information content (AvgIpc) is 3.10. The van der Waals surface area contributed by atoms with Crippen LogP contribution in [-0.2, 0) is 9.59 Å². The monoisotopic (exact) mass is 371 g/mol. The third-order valence-corrected chi connectivity index (χ3v) is 5.90. The Balaban J connectivity index is 0.000000211. The third kappa shape index (κ3) is 4.03. The zero-order chi connectivity index (χ0) is 18.7. The van der Waals surface area contributed by atoms with E-state index in [0.717, 1.165) is 6.04 Å². The first-order chi connectivity index (χ1) is 12.5. The number of carboxylic acid groups (broad SMARTS) is 2. The zero-order valence-electron chi connectivity index (χ0n) is 14.5. The Morgan fingerprint density at radius 1 is 1.15 bits per heavy atom. The molecule has 1 aromatic carbocycles. The number of fused-ring (bicyclic) bond motifs is 3. The highest BCUT2D eigenvalue weighted by atomic mass is 32.1. The fourth-order valence-electron chi connectivity index (χ4n) is 3.61. The molecule has 0 amide bonds. The summed E-state index contributed by atoms with van der Waals surface area (Å²) in [4.78, 5) is 21.7. The number of benzene rings is 1. The first-order valence-electron chi connectivity index (χ1n) is 8.49. The largest absolute Gasteiger partial charge is 0.478 e. The van der Waals surface area contributed by atoms with Gasteiger partial charge in [-0.1, -0.05) is 24.3 Å². The van der Waals surface area contributed by atoms with Crippen molar-refractivity contribution in [2.24, 2.45) is 0 Å². The van der Waals surface area contributed by atoms with Crippen molar-refractivity contribution in [3.05, 3.63) is 53.4 Å². The molecule has 3 heterocycles. The van der Waals surface area contributed by atoms with Crippen LogP contribution in [0.15, 0.2) is 47.9 Å². The van der Waals surface area contributed by atoms with E-state index in [1.165, 1.54) is 34.9 Å². The van der Waals surface area contributed by atoms with Crippen LogP contribution < -0.4 is 0 Å². The molecule has 2 unspecified atom stereocenters. The smallest absolute Gasteiger partial charge is 0.328 e. The SMILES string of the molecule is CN1C2C=C(c3csc4ccccc34)CC1CC2.O=C(O)/C=C/C(=O)O. The predicted molar refractivity (Wildman–Crippen MR) is 103 cm³/mol. The van der Waals surface area contributed by atoms with Gasteiger partial charge in [0.25, 0.3) is 0 Å². The molecule has 4 rings (SSSR count). The Morgan fingerprint density at radius 3 is 2.50 bits per heavy atom. The van der Waals surface area contributed by atoms with Crippen LogP contribution in [0, 0.1) is 0 Å². The highest BCUT2D eigenvalue weighted by molar-refractivity contribution is 7.17. The maximum atomic E-state index is 9.55. The Morgan fingerprint density at radius 2 is 1.85 bits per heavy atom. The van der Waals surface area contributed by atoms with Crippen molar-refractivity contribution in [1.29, 1.82) is 0 Å². The van der Waals surface area contributed by atoms with E-state index in [1.54, 1.807) is 5.57 Å². The Bertz CT molecular complexity index is 867. The van der Waals surface area contributed by atoms with Crippen LogP contribution in [0.4, 0.5) is 0 Å². The molecular weight excluding hydrogens is 350 g/mol. The van der Waals surface area contributed by atoms with Crippen molar-refractivity contribution in [3.8, 4) is 0 Å². The highest BCUT2D eigenvalue weighted by Crippen LogP contribution is 2.40. The number of carbonyl (C=O) groups is 2. The first kappa shape index (κ1) is 18.4. The second-order valence-corrected chi connectivity index (χ2v) is 7.43. The average molecular weight is 371 g/mol. The van der Waals surface area contributed by atoms with Gasteiger partial charge in [-0.25, -0.2) is 9.59 Å². The minimum Gasteiger partial charge on any atom is -0.478 e. The van der Waals surface area contributed by atoms with Crippen molar-refractivity contribution in [1.82, 2.24) is 4.90 Å². The molecule has 1 saturated heterocycles. The lowest BCUT2D eigenvalue weighted by molar-refractivity contribution is -0.134. The maximum absolute atomic E-state index is 9.55. The summed E-state index contributed by atoms with van der Waals surface area (Å²) in [6, 6.07) is 10.2. The van der Waals surface area contributed by atoms with E-state index in [9.17, 15) is 9.59 Å². The van der Waals surface area contributed by atoms with Crippen molar-refractivity contribution < 1.29 is 19.8 Å². The maximum Gasteiger partial charge on any atom is 0.328 e. The molecular formula is C20H21NO4S. The first-order valence-corrected chi connectivity index (χ1v) is 9.37. The number of rotatable bonds is 3. The van der Waals surface area contributed by atoms with Crippen molar-refractivity contribution >= 4 is 38.9 Å². The molecule has 1 fully saturated rings. The molecule has 26 heavy (non-hydrogen) atoms. The number of aliphatic carboxylic acids is 2. The zero-order valence-corrected chi connectivity index (χ0v) is 15.3. The van der Waals surface area contributed by atoms with Gasteiger partial charge < -0.3 is 10.2 Å². The van der Waals surface area contributed by atoms with Gasteiger partial charge in [-0.05, 0) is 54.3 Å². The highest BCUT2D eigenvalue weighted by Gasteiger charge is 2.34. The number of nitrogens with zero attached hydrogens (tertiary/aromatic N) is 1. The minimum atomic E-state index is -1.26. The molecule has 2 N–H and O–H groups in total. The standard InChI is InChI=1S/C16H17NS.C4H4O4/c1-17-12-6-7-13(17)9-11(8-12)15-10-18-16-5-3-2-4-14(15)16;5-3(6)1-2-4(7)8/h2-5,8,10,12-13H,6-7,9H2,1H3;1-2H,(H,5,6)(H,7,8)/b;2-1+. The predicted octanol–water partition coefficient (Wildman–Crippen LogP) is 3.86. The van der Waals surface area contributed by atoms with Crippen molar-refractivity contribution in [2.75, 3.05) is 7.05 Å². The molecule has 2 bridgehead atoms. The van der Waals surface area contributed by atoms with E-state index < -0.39 is 11.9 Å². The normalized spacial score (nSPS) is 22.1. The fourth-order valence-corrected chi connectivity index (χ4v) is 4.60. The van der Waals surface area contributed by atoms with Gasteiger partial charge >= 0.3 is 11.9 Å². The Labute approximate surface area is 155 Å². The summed E-state index contributed by atoms with van der Waals surface area (Å²) in [5.74, 6) is -2.51. The Hall–Kier alpha value is -2.44. The molecule has 136 valence electrons. The molecule has 2 aliphatic rings. The second kappa shape index (κ2) is 7.85. The van der Waals surface area contributed by atoms with E-state index in [2.05, 4.69) is 47.7 Å². The summed E-state index contributed by atoms with van der Waals surface area (Å²) < 4.78 is 1.42. The van der Waals surface area contributed by atoms with Crippen LogP contribution in [-0.4, -0.2) is 46.2 Å². The van der Waals surface area contributed by atoms with Gasteiger partial charge in [-0.15, -0.1) is 11.3 Å². The van der Waals surface area contributed by atoms with Crippen molar-refractivity contribution in [3.63, 3.8) is 0 Å². The third-order valence-electron chi connectivity index (χ3n) is 4.94. The lowest BCUT2D eigenvalue weighted by Crippen LogP contribution is -2.34. The summed E-state index contributed by atoms with van der Waals surface area (Å²) in [5, 5.41) is 19.4. The lowest BCUT2D eigenvalue weighted by Gasteiger charge is -2.30. The van der Waals surface area contributed by atoms with E-state index in [-0.39, 0.29) is 0 Å². The molecule has 6 heteroatoms. The molecule has 2 aliphatic heterocycles. The fraction of sp³-hybridized carbons (Fsp3) is 0.300. The summed E-state index contributed by atoms with van der Waals surface area (Å²) in [7, 11) is 2.28. The van der Waals surface area contributed by atoms with Gasteiger partial charge in [0.2, 0.25) is 0 Å².